The van der Waals surface area contributed by atoms with Crippen LogP contribution >= 0.6 is 22.6 Å². The lowest BCUT2D eigenvalue weighted by Gasteiger charge is -2.11. The van der Waals surface area contributed by atoms with Gasteiger partial charge in [0.2, 0.25) is 0 Å². The third-order valence-corrected chi connectivity index (χ3v) is 4.42. The minimum absolute atomic E-state index is 0.0848. The second kappa shape index (κ2) is 7.26. The van der Waals surface area contributed by atoms with Gasteiger partial charge in [0, 0.05) is 34.1 Å². The molecule has 0 spiro atoms. The summed E-state index contributed by atoms with van der Waals surface area (Å²) < 4.78 is 6.48. The average Bonchev–Trinajstić information content (AvgIpc) is 3.02. The summed E-state index contributed by atoms with van der Waals surface area (Å²) in [5, 5.41) is 0.970. The van der Waals surface area contributed by atoms with Crippen molar-refractivity contribution in [2.24, 2.45) is 0 Å². The Morgan fingerprint density at radius 3 is 2.68 bits per heavy atom. The van der Waals surface area contributed by atoms with Gasteiger partial charge in [-0.05, 0) is 64.6 Å². The van der Waals surface area contributed by atoms with Crippen molar-refractivity contribution in [2.75, 3.05) is 14.1 Å². The predicted molar refractivity (Wildman–Crippen MR) is 105 cm³/mol. The Kier molecular flexibility index (Phi) is 5.08. The molecule has 1 aromatic heterocycles. The van der Waals surface area contributed by atoms with Crippen LogP contribution in [0, 0.1) is 3.57 Å². The highest BCUT2D eigenvalue weighted by atomic mass is 127. The van der Waals surface area contributed by atoms with E-state index in [1.54, 1.807) is 38.4 Å². The molecule has 3 rings (SSSR count). The number of fused-ring (bicyclic) bond motifs is 1. The highest BCUT2D eigenvalue weighted by Crippen LogP contribution is 2.19. The molecule has 0 aliphatic carbocycles. The zero-order chi connectivity index (χ0) is 18.0. The van der Waals surface area contributed by atoms with E-state index in [0.29, 0.717) is 11.3 Å². The molecule has 0 aliphatic heterocycles. The Morgan fingerprint density at radius 1 is 1.12 bits per heavy atom. The predicted octanol–water partition coefficient (Wildman–Crippen LogP) is 3.83. The van der Waals surface area contributed by atoms with E-state index in [9.17, 15) is 9.59 Å². The standard InChI is InChI=1S/C19H17IN2O3/c1-22(2)18(23)13-5-3-4-12(8-13)11-25-19(24)17-10-14-9-15(20)6-7-16(14)21-17/h3-10,21H,11H2,1-2H3. The summed E-state index contributed by atoms with van der Waals surface area (Å²) in [7, 11) is 3.40. The molecule has 0 saturated carbocycles. The first-order chi connectivity index (χ1) is 11.9. The van der Waals surface area contributed by atoms with E-state index < -0.39 is 5.97 Å². The lowest BCUT2D eigenvalue weighted by atomic mass is 10.1. The second-order valence-electron chi connectivity index (χ2n) is 5.89. The van der Waals surface area contributed by atoms with Gasteiger partial charge in [-0.1, -0.05) is 12.1 Å². The largest absolute Gasteiger partial charge is 0.456 e. The summed E-state index contributed by atoms with van der Waals surface area (Å²) in [6, 6.07) is 14.8. The van der Waals surface area contributed by atoms with E-state index in [1.807, 2.05) is 24.3 Å². The van der Waals surface area contributed by atoms with E-state index in [2.05, 4.69) is 27.6 Å². The molecule has 2 aromatic carbocycles. The van der Waals surface area contributed by atoms with Gasteiger partial charge >= 0.3 is 5.97 Å². The molecule has 0 saturated heterocycles. The Labute approximate surface area is 159 Å². The quantitative estimate of drug-likeness (QED) is 0.488. The van der Waals surface area contributed by atoms with Crippen molar-refractivity contribution in [1.82, 2.24) is 9.88 Å². The third kappa shape index (κ3) is 4.01. The Balaban J connectivity index is 1.71. The third-order valence-electron chi connectivity index (χ3n) is 3.75. The molecule has 0 bridgehead atoms. The molecular formula is C19H17IN2O3. The van der Waals surface area contributed by atoms with Gasteiger partial charge in [0.25, 0.3) is 5.91 Å². The van der Waals surface area contributed by atoms with Crippen LogP contribution in [0.15, 0.2) is 48.5 Å². The van der Waals surface area contributed by atoms with Crippen LogP contribution in [0.25, 0.3) is 10.9 Å². The number of hydrogen-bond donors (Lipinski definition) is 1. The molecule has 6 heteroatoms. The molecule has 0 fully saturated rings. The molecular weight excluding hydrogens is 431 g/mol. The molecule has 3 aromatic rings. The maximum atomic E-state index is 12.3. The summed E-state index contributed by atoms with van der Waals surface area (Å²) in [5.74, 6) is -0.506. The fourth-order valence-electron chi connectivity index (χ4n) is 2.49. The van der Waals surface area contributed by atoms with Gasteiger partial charge in [-0.3, -0.25) is 4.79 Å². The van der Waals surface area contributed by atoms with Crippen molar-refractivity contribution >= 4 is 45.4 Å². The molecule has 1 heterocycles. The van der Waals surface area contributed by atoms with Gasteiger partial charge in [0.15, 0.2) is 0 Å². The van der Waals surface area contributed by atoms with Crippen LogP contribution in [0.5, 0.6) is 0 Å². The van der Waals surface area contributed by atoms with Crippen molar-refractivity contribution < 1.29 is 14.3 Å². The molecule has 0 aliphatic rings. The summed E-state index contributed by atoms with van der Waals surface area (Å²) in [6.07, 6.45) is 0. The smallest absolute Gasteiger partial charge is 0.355 e. The number of halogens is 1. The number of hydrogen-bond acceptors (Lipinski definition) is 3. The number of nitrogens with one attached hydrogen (secondary N) is 1. The molecule has 1 N–H and O–H groups in total. The van der Waals surface area contributed by atoms with E-state index in [-0.39, 0.29) is 12.5 Å². The van der Waals surface area contributed by atoms with Crippen LogP contribution in [-0.2, 0) is 11.3 Å². The molecule has 0 unspecified atom stereocenters. The van der Waals surface area contributed by atoms with Crippen LogP contribution in [0.2, 0.25) is 0 Å². The number of H-pyrrole nitrogens is 1. The number of esters is 1. The van der Waals surface area contributed by atoms with Crippen molar-refractivity contribution in [3.05, 3.63) is 68.9 Å². The average molecular weight is 448 g/mol. The zero-order valence-electron chi connectivity index (χ0n) is 13.9. The Morgan fingerprint density at radius 2 is 1.92 bits per heavy atom. The highest BCUT2D eigenvalue weighted by Gasteiger charge is 2.13. The number of benzene rings is 2. The highest BCUT2D eigenvalue weighted by molar-refractivity contribution is 14.1. The van der Waals surface area contributed by atoms with Crippen molar-refractivity contribution in [1.29, 1.82) is 0 Å². The van der Waals surface area contributed by atoms with E-state index >= 15 is 0 Å². The molecule has 1 amide bonds. The first-order valence-corrected chi connectivity index (χ1v) is 8.78. The number of carbonyl (C=O) groups excluding carboxylic acids is 2. The summed E-state index contributed by atoms with van der Waals surface area (Å²) in [5.41, 5.74) is 2.65. The number of nitrogens with zero attached hydrogens (tertiary/aromatic N) is 1. The molecule has 0 atom stereocenters. The van der Waals surface area contributed by atoms with Crippen molar-refractivity contribution in [3.8, 4) is 0 Å². The number of ether oxygens (including phenoxy) is 1. The minimum atomic E-state index is -0.421. The summed E-state index contributed by atoms with van der Waals surface area (Å²) in [6.45, 7) is 0.111. The van der Waals surface area contributed by atoms with E-state index in [4.69, 9.17) is 4.74 Å². The fourth-order valence-corrected chi connectivity index (χ4v) is 3.01. The first-order valence-electron chi connectivity index (χ1n) is 7.70. The van der Waals surface area contributed by atoms with Crippen LogP contribution in [0.1, 0.15) is 26.4 Å². The van der Waals surface area contributed by atoms with E-state index in [1.165, 1.54) is 4.90 Å². The van der Waals surface area contributed by atoms with Crippen LogP contribution in [-0.4, -0.2) is 35.9 Å². The molecule has 5 nitrogen and oxygen atoms in total. The van der Waals surface area contributed by atoms with Gasteiger partial charge in [-0.2, -0.15) is 0 Å². The second-order valence-corrected chi connectivity index (χ2v) is 7.14. The van der Waals surface area contributed by atoms with Gasteiger partial charge in [0.05, 0.1) is 0 Å². The number of amides is 1. The number of aromatic amines is 1. The number of rotatable bonds is 4. The SMILES string of the molecule is CN(C)C(=O)c1cccc(COC(=O)c2cc3cc(I)ccc3[nH]2)c1. The monoisotopic (exact) mass is 448 g/mol. The van der Waals surface area contributed by atoms with Crippen LogP contribution < -0.4 is 0 Å². The lowest BCUT2D eigenvalue weighted by molar-refractivity contribution is 0.0467. The summed E-state index contributed by atoms with van der Waals surface area (Å²) in [4.78, 5) is 28.8. The van der Waals surface area contributed by atoms with Gasteiger partial charge in [-0.25, -0.2) is 4.79 Å². The van der Waals surface area contributed by atoms with Gasteiger partial charge < -0.3 is 14.6 Å². The molecule has 0 radical (unpaired) electrons. The summed E-state index contributed by atoms with van der Waals surface area (Å²) >= 11 is 2.23. The minimum Gasteiger partial charge on any atom is -0.456 e. The topological polar surface area (TPSA) is 62.4 Å². The van der Waals surface area contributed by atoms with Crippen LogP contribution in [0.3, 0.4) is 0 Å². The lowest BCUT2D eigenvalue weighted by Crippen LogP contribution is -2.21. The normalized spacial score (nSPS) is 10.7. The fraction of sp³-hybridized carbons (Fsp3) is 0.158. The van der Waals surface area contributed by atoms with E-state index in [0.717, 1.165) is 20.0 Å². The Hall–Kier alpha value is -2.35. The first kappa shape index (κ1) is 17.5. The van der Waals surface area contributed by atoms with Crippen LogP contribution in [0.4, 0.5) is 0 Å². The molecule has 25 heavy (non-hydrogen) atoms. The van der Waals surface area contributed by atoms with Crippen molar-refractivity contribution in [2.45, 2.75) is 6.61 Å². The Bertz CT molecular complexity index is 947. The molecule has 128 valence electrons. The number of aromatic nitrogens is 1. The maximum absolute atomic E-state index is 12.3. The van der Waals surface area contributed by atoms with Gasteiger partial charge in [-0.15, -0.1) is 0 Å². The van der Waals surface area contributed by atoms with Gasteiger partial charge in [0.1, 0.15) is 12.3 Å². The maximum Gasteiger partial charge on any atom is 0.355 e. The van der Waals surface area contributed by atoms with Crippen molar-refractivity contribution in [3.63, 3.8) is 0 Å². The zero-order valence-corrected chi connectivity index (χ0v) is 16.0. The number of carbonyl (C=O) groups is 2.